The molecule has 1 aromatic heterocycles. The summed E-state index contributed by atoms with van der Waals surface area (Å²) < 4.78 is 1.66. The number of hydrogen-bond acceptors (Lipinski definition) is 3. The highest BCUT2D eigenvalue weighted by Crippen LogP contribution is 2.04. The van der Waals surface area contributed by atoms with Crippen molar-refractivity contribution in [3.05, 3.63) is 60.2 Å². The second-order valence-electron chi connectivity index (χ2n) is 4.90. The van der Waals surface area contributed by atoms with Crippen molar-refractivity contribution in [2.45, 2.75) is 20.4 Å². The average Bonchev–Trinajstić information content (AvgIpc) is 2.48. The molecule has 0 radical (unpaired) electrons. The van der Waals surface area contributed by atoms with Gasteiger partial charge in [0.25, 0.3) is 5.69 Å². The zero-order valence-electron chi connectivity index (χ0n) is 11.6. The maximum Gasteiger partial charge on any atom is 0.267 e. The van der Waals surface area contributed by atoms with Gasteiger partial charge in [0.2, 0.25) is 18.1 Å². The van der Waals surface area contributed by atoms with Crippen LogP contribution in [0.5, 0.6) is 0 Å². The van der Waals surface area contributed by atoms with Gasteiger partial charge in [-0.3, -0.25) is 14.6 Å². The summed E-state index contributed by atoms with van der Waals surface area (Å²) in [5, 5.41) is 0. The summed E-state index contributed by atoms with van der Waals surface area (Å²) in [7, 11) is 0. The van der Waals surface area contributed by atoms with Gasteiger partial charge in [-0.1, -0.05) is 44.2 Å². The number of rotatable bonds is 5. The monoisotopic (exact) mass is 269 g/mol. The Bertz CT molecular complexity index is 621. The second kappa shape index (κ2) is 6.19. The first-order valence-electron chi connectivity index (χ1n) is 6.55. The molecule has 0 fully saturated rings. The molecule has 0 aliphatic rings. The fraction of sp³-hybridized carbons (Fsp3) is 0.250. The molecular formula is C16H17N2O2+. The summed E-state index contributed by atoms with van der Waals surface area (Å²) in [6, 6.07) is 9.06. The number of nitrogens with zero attached hydrogens (tertiary/aromatic N) is 2. The van der Waals surface area contributed by atoms with E-state index >= 15 is 0 Å². The van der Waals surface area contributed by atoms with Gasteiger partial charge in [-0.15, -0.1) is 0 Å². The molecule has 1 heterocycles. The summed E-state index contributed by atoms with van der Waals surface area (Å²) in [5.41, 5.74) is 1.10. The minimum Gasteiger partial charge on any atom is -0.287 e. The van der Waals surface area contributed by atoms with Gasteiger partial charge < -0.3 is 0 Å². The van der Waals surface area contributed by atoms with E-state index < -0.39 is 0 Å². The fourth-order valence-corrected chi connectivity index (χ4v) is 1.90. The third-order valence-electron chi connectivity index (χ3n) is 3.03. The van der Waals surface area contributed by atoms with Crippen molar-refractivity contribution < 1.29 is 14.2 Å². The number of ketones is 2. The van der Waals surface area contributed by atoms with Gasteiger partial charge in [-0.25, -0.2) is 0 Å². The first-order valence-corrected chi connectivity index (χ1v) is 6.55. The lowest BCUT2D eigenvalue weighted by molar-refractivity contribution is -0.685. The van der Waals surface area contributed by atoms with E-state index in [-0.39, 0.29) is 24.0 Å². The van der Waals surface area contributed by atoms with Crippen LogP contribution < -0.4 is 4.57 Å². The highest BCUT2D eigenvalue weighted by molar-refractivity contribution is 5.96. The van der Waals surface area contributed by atoms with E-state index in [1.807, 2.05) is 32.0 Å². The maximum absolute atomic E-state index is 12.2. The molecule has 4 heteroatoms. The molecule has 0 aliphatic carbocycles. The van der Waals surface area contributed by atoms with E-state index in [9.17, 15) is 9.59 Å². The Labute approximate surface area is 118 Å². The van der Waals surface area contributed by atoms with Crippen LogP contribution in [0.15, 0.2) is 48.9 Å². The van der Waals surface area contributed by atoms with Gasteiger partial charge >= 0.3 is 0 Å². The van der Waals surface area contributed by atoms with Crippen LogP contribution in [-0.2, 0) is 6.54 Å². The molecule has 0 unspecified atom stereocenters. The fourth-order valence-electron chi connectivity index (χ4n) is 1.90. The number of Topliss-reactive ketones (excluding diaryl/α,β-unsaturated/α-hetero) is 2. The van der Waals surface area contributed by atoms with Gasteiger partial charge in [-0.05, 0) is 0 Å². The van der Waals surface area contributed by atoms with Crippen molar-refractivity contribution in [3.8, 4) is 0 Å². The molecule has 0 amide bonds. The van der Waals surface area contributed by atoms with Crippen LogP contribution >= 0.6 is 0 Å². The number of carbonyl (C=O) groups excluding carboxylic acids is 2. The first kappa shape index (κ1) is 14.1. The quantitative estimate of drug-likeness (QED) is 0.617. The molecule has 2 rings (SSSR count). The van der Waals surface area contributed by atoms with Crippen LogP contribution in [0, 0.1) is 5.92 Å². The summed E-state index contributed by atoms with van der Waals surface area (Å²) in [5.74, 6) is -0.171. The van der Waals surface area contributed by atoms with Crippen molar-refractivity contribution in [1.82, 2.24) is 4.98 Å². The minimum absolute atomic E-state index is 0.0149. The highest BCUT2D eigenvalue weighted by Gasteiger charge is 2.24. The van der Waals surface area contributed by atoms with Gasteiger partial charge in [0, 0.05) is 11.5 Å². The molecule has 0 N–H and O–H groups in total. The number of hydrogen-bond donors (Lipinski definition) is 0. The summed E-state index contributed by atoms with van der Waals surface area (Å²) in [6.07, 6.45) is 4.76. The molecule has 20 heavy (non-hydrogen) atoms. The average molecular weight is 269 g/mol. The lowest BCUT2D eigenvalue weighted by Gasteiger charge is -2.04. The molecule has 0 spiro atoms. The van der Waals surface area contributed by atoms with Crippen molar-refractivity contribution in [3.63, 3.8) is 0 Å². The Morgan fingerprint density at radius 3 is 2.55 bits per heavy atom. The smallest absolute Gasteiger partial charge is 0.267 e. The third kappa shape index (κ3) is 3.15. The van der Waals surface area contributed by atoms with Gasteiger partial charge in [0.1, 0.15) is 6.20 Å². The van der Waals surface area contributed by atoms with E-state index in [0.717, 1.165) is 0 Å². The molecule has 0 aliphatic heterocycles. The van der Waals surface area contributed by atoms with Crippen LogP contribution in [0.4, 0.5) is 0 Å². The van der Waals surface area contributed by atoms with E-state index in [4.69, 9.17) is 0 Å². The molecular weight excluding hydrogens is 252 g/mol. The molecule has 0 atom stereocenters. The standard InChI is InChI=1S/C16H17N2O2/c1-12(2)16(20)14-10-17-8-9-18(14)11-15(19)13-6-4-3-5-7-13/h3-10,12H,11H2,1-2H3/q+1. The van der Waals surface area contributed by atoms with E-state index in [1.54, 1.807) is 29.1 Å². The Balaban J connectivity index is 2.26. The number of aromatic nitrogens is 2. The SMILES string of the molecule is CC(C)C(=O)c1cncc[n+]1CC(=O)c1ccccc1. The summed E-state index contributed by atoms with van der Waals surface area (Å²) in [4.78, 5) is 28.3. The Hall–Kier alpha value is -2.36. The molecule has 2 aromatic rings. The first-order chi connectivity index (χ1) is 9.59. The normalized spacial score (nSPS) is 10.6. The van der Waals surface area contributed by atoms with Crippen molar-refractivity contribution in [2.75, 3.05) is 0 Å². The second-order valence-corrected chi connectivity index (χ2v) is 4.90. The van der Waals surface area contributed by atoms with Crippen LogP contribution in [0.2, 0.25) is 0 Å². The maximum atomic E-state index is 12.2. The van der Waals surface area contributed by atoms with E-state index in [0.29, 0.717) is 11.3 Å². The van der Waals surface area contributed by atoms with Gasteiger partial charge in [0.05, 0.1) is 6.20 Å². The largest absolute Gasteiger partial charge is 0.287 e. The highest BCUT2D eigenvalue weighted by atomic mass is 16.1. The molecule has 0 saturated heterocycles. The van der Waals surface area contributed by atoms with Crippen LogP contribution in [0.25, 0.3) is 0 Å². The van der Waals surface area contributed by atoms with Gasteiger partial charge in [0.15, 0.2) is 6.20 Å². The van der Waals surface area contributed by atoms with Crippen molar-refractivity contribution in [1.29, 1.82) is 0 Å². The van der Waals surface area contributed by atoms with Crippen LogP contribution in [0.3, 0.4) is 0 Å². The predicted octanol–water partition coefficient (Wildman–Crippen LogP) is 2.09. The summed E-state index contributed by atoms with van der Waals surface area (Å²) in [6.45, 7) is 3.80. The zero-order valence-corrected chi connectivity index (χ0v) is 11.6. The molecule has 1 aromatic carbocycles. The minimum atomic E-state index is -0.128. The lowest BCUT2D eigenvalue weighted by Crippen LogP contribution is -2.44. The molecule has 0 bridgehead atoms. The van der Waals surface area contributed by atoms with E-state index in [1.165, 1.54) is 6.20 Å². The topological polar surface area (TPSA) is 50.9 Å². The molecule has 102 valence electrons. The van der Waals surface area contributed by atoms with Gasteiger partial charge in [-0.2, -0.15) is 4.57 Å². The lowest BCUT2D eigenvalue weighted by atomic mass is 10.1. The molecule has 4 nitrogen and oxygen atoms in total. The zero-order chi connectivity index (χ0) is 14.5. The van der Waals surface area contributed by atoms with Crippen LogP contribution in [0.1, 0.15) is 34.7 Å². The van der Waals surface area contributed by atoms with Crippen molar-refractivity contribution >= 4 is 11.6 Å². The Morgan fingerprint density at radius 1 is 1.20 bits per heavy atom. The van der Waals surface area contributed by atoms with E-state index in [2.05, 4.69) is 4.98 Å². The predicted molar refractivity (Wildman–Crippen MR) is 74.4 cm³/mol. The Morgan fingerprint density at radius 2 is 1.90 bits per heavy atom. The number of carbonyl (C=O) groups is 2. The molecule has 0 saturated carbocycles. The summed E-state index contributed by atoms with van der Waals surface area (Å²) >= 11 is 0. The van der Waals surface area contributed by atoms with Crippen LogP contribution in [-0.4, -0.2) is 16.6 Å². The van der Waals surface area contributed by atoms with Crippen molar-refractivity contribution in [2.24, 2.45) is 5.92 Å². The third-order valence-corrected chi connectivity index (χ3v) is 3.03. The Kier molecular flexibility index (Phi) is 4.35. The number of benzene rings is 1.